The van der Waals surface area contributed by atoms with E-state index in [0.29, 0.717) is 24.3 Å². The van der Waals surface area contributed by atoms with Gasteiger partial charge in [-0.25, -0.2) is 4.79 Å². The van der Waals surface area contributed by atoms with Crippen molar-refractivity contribution in [1.82, 2.24) is 14.9 Å². The molecule has 0 radical (unpaired) electrons. The molecule has 0 spiro atoms. The van der Waals surface area contributed by atoms with Crippen molar-refractivity contribution in [3.8, 4) is 11.3 Å². The first-order chi connectivity index (χ1) is 14.5. The zero-order valence-corrected chi connectivity index (χ0v) is 17.8. The van der Waals surface area contributed by atoms with Gasteiger partial charge in [-0.3, -0.25) is 9.97 Å². The Labute approximate surface area is 177 Å². The van der Waals surface area contributed by atoms with Crippen LogP contribution >= 0.6 is 0 Å². The lowest BCUT2D eigenvalue weighted by Crippen LogP contribution is -2.74. The van der Waals surface area contributed by atoms with Gasteiger partial charge in [0.25, 0.3) is 0 Å². The minimum atomic E-state index is -0.174. The van der Waals surface area contributed by atoms with Crippen LogP contribution in [-0.2, 0) is 4.74 Å². The number of aryl methyl sites for hydroxylation is 1. The standard InChI is InChI=1S/C23H29N5O2/c1-15-8-19-11-23(10-15,14-30-3)28(19)22(29)27-17-5-4-16(2)20(9-17)21-13-25-18(6-7-24)12-26-21/h4-7,9,12-13,15,19H,8,10-11,14,24H2,1-3H3,(H,27,29)/b7-6-/t15-,19+,23-/m1/s1. The summed E-state index contributed by atoms with van der Waals surface area (Å²) >= 11 is 0. The molecule has 2 bridgehead atoms. The molecule has 1 saturated carbocycles. The van der Waals surface area contributed by atoms with E-state index in [1.165, 1.54) is 6.20 Å². The molecule has 1 aliphatic carbocycles. The average molecular weight is 408 g/mol. The van der Waals surface area contributed by atoms with Gasteiger partial charge in [0.1, 0.15) is 0 Å². The zero-order chi connectivity index (χ0) is 21.3. The highest BCUT2D eigenvalue weighted by atomic mass is 16.5. The van der Waals surface area contributed by atoms with Gasteiger partial charge in [0.15, 0.2) is 0 Å². The van der Waals surface area contributed by atoms with E-state index >= 15 is 0 Å². The van der Waals surface area contributed by atoms with Crippen molar-refractivity contribution in [2.24, 2.45) is 11.7 Å². The van der Waals surface area contributed by atoms with E-state index in [-0.39, 0.29) is 11.6 Å². The molecule has 2 aromatic rings. The number of amides is 2. The Morgan fingerprint density at radius 3 is 2.90 bits per heavy atom. The maximum atomic E-state index is 13.2. The van der Waals surface area contributed by atoms with E-state index in [2.05, 4.69) is 22.2 Å². The van der Waals surface area contributed by atoms with E-state index in [1.807, 2.05) is 30.0 Å². The van der Waals surface area contributed by atoms with Crippen LogP contribution in [0.5, 0.6) is 0 Å². The lowest BCUT2D eigenvalue weighted by Gasteiger charge is -2.63. The van der Waals surface area contributed by atoms with E-state index < -0.39 is 0 Å². The number of hydrogen-bond donors (Lipinski definition) is 2. The summed E-state index contributed by atoms with van der Waals surface area (Å²) < 4.78 is 5.47. The van der Waals surface area contributed by atoms with Gasteiger partial charge >= 0.3 is 6.03 Å². The first kappa shape index (κ1) is 20.3. The van der Waals surface area contributed by atoms with Crippen LogP contribution in [0.15, 0.2) is 36.8 Å². The first-order valence-electron chi connectivity index (χ1n) is 10.4. The lowest BCUT2D eigenvalue weighted by molar-refractivity contribution is -0.122. The second-order valence-corrected chi connectivity index (χ2v) is 8.58. The quantitative estimate of drug-likeness (QED) is 0.786. The van der Waals surface area contributed by atoms with Gasteiger partial charge in [0.2, 0.25) is 0 Å². The van der Waals surface area contributed by atoms with Gasteiger partial charge in [-0.1, -0.05) is 13.0 Å². The summed E-state index contributed by atoms with van der Waals surface area (Å²) in [5.41, 5.74) is 9.44. The van der Waals surface area contributed by atoms with Crippen molar-refractivity contribution >= 4 is 17.8 Å². The molecule has 158 valence electrons. The van der Waals surface area contributed by atoms with Gasteiger partial charge in [-0.2, -0.15) is 0 Å². The maximum Gasteiger partial charge on any atom is 0.322 e. The van der Waals surface area contributed by atoms with Crippen LogP contribution < -0.4 is 11.1 Å². The number of carbonyl (C=O) groups is 1. The fraction of sp³-hybridized carbons (Fsp3) is 0.435. The van der Waals surface area contributed by atoms with Crippen molar-refractivity contribution < 1.29 is 9.53 Å². The molecule has 1 aliphatic heterocycles. The highest BCUT2D eigenvalue weighted by molar-refractivity contribution is 5.92. The third-order valence-corrected chi connectivity index (χ3v) is 6.23. The van der Waals surface area contributed by atoms with Crippen LogP contribution in [0, 0.1) is 12.8 Å². The molecule has 2 amide bonds. The molecule has 1 saturated heterocycles. The smallest absolute Gasteiger partial charge is 0.322 e. The molecule has 4 rings (SSSR count). The SMILES string of the molecule is COC[C@@]12C[C@H](C)C[C@@H](C1)N2C(=O)Nc1ccc(C)c(-c2cnc(/C=C\N)cn2)c1. The largest absolute Gasteiger partial charge is 0.405 e. The number of piperidine rings is 1. The Balaban J connectivity index is 1.54. The predicted octanol–water partition coefficient (Wildman–Crippen LogP) is 3.80. The van der Waals surface area contributed by atoms with Crippen molar-refractivity contribution in [2.45, 2.75) is 44.7 Å². The number of hydrogen-bond acceptors (Lipinski definition) is 5. The third kappa shape index (κ3) is 3.65. The molecule has 30 heavy (non-hydrogen) atoms. The molecule has 1 aromatic heterocycles. The Bertz CT molecular complexity index is 955. The number of ether oxygens (including phenoxy) is 1. The van der Waals surface area contributed by atoms with Crippen molar-refractivity contribution in [3.63, 3.8) is 0 Å². The summed E-state index contributed by atoms with van der Waals surface area (Å²) in [6, 6.07) is 6.11. The second-order valence-electron chi connectivity index (χ2n) is 8.58. The van der Waals surface area contributed by atoms with Crippen LogP contribution in [0.3, 0.4) is 0 Å². The van der Waals surface area contributed by atoms with Crippen LogP contribution in [0.4, 0.5) is 10.5 Å². The number of urea groups is 1. The van der Waals surface area contributed by atoms with Crippen LogP contribution in [0.2, 0.25) is 0 Å². The number of nitrogens with one attached hydrogen (secondary N) is 1. The molecule has 0 unspecified atom stereocenters. The molecule has 2 fully saturated rings. The molecule has 2 aliphatic rings. The number of nitrogens with two attached hydrogens (primary N) is 1. The molecular weight excluding hydrogens is 378 g/mol. The summed E-state index contributed by atoms with van der Waals surface area (Å²) in [7, 11) is 1.71. The van der Waals surface area contributed by atoms with E-state index in [1.54, 1.807) is 25.6 Å². The Morgan fingerprint density at radius 1 is 1.37 bits per heavy atom. The highest BCUT2D eigenvalue weighted by Crippen LogP contribution is 2.50. The minimum absolute atomic E-state index is 0.0560. The molecule has 3 atom stereocenters. The van der Waals surface area contributed by atoms with Crippen molar-refractivity contribution in [2.75, 3.05) is 19.0 Å². The Hall–Kier alpha value is -2.93. The monoisotopic (exact) mass is 407 g/mol. The topological polar surface area (TPSA) is 93.4 Å². The third-order valence-electron chi connectivity index (χ3n) is 6.23. The second kappa shape index (κ2) is 8.07. The number of benzene rings is 1. The predicted molar refractivity (Wildman–Crippen MR) is 118 cm³/mol. The summed E-state index contributed by atoms with van der Waals surface area (Å²) in [5, 5.41) is 3.10. The maximum absolute atomic E-state index is 13.2. The Kier molecular flexibility index (Phi) is 5.47. The van der Waals surface area contributed by atoms with Gasteiger partial charge in [0.05, 0.1) is 35.9 Å². The van der Waals surface area contributed by atoms with Crippen molar-refractivity contribution in [3.05, 3.63) is 48.1 Å². The number of methoxy groups -OCH3 is 1. The van der Waals surface area contributed by atoms with Gasteiger partial charge in [-0.05, 0) is 62.1 Å². The summed E-state index contributed by atoms with van der Waals surface area (Å²) in [6.07, 6.45) is 9.60. The number of fused-ring (bicyclic) bond motifs is 2. The van der Waals surface area contributed by atoms with Crippen LogP contribution in [0.25, 0.3) is 17.3 Å². The number of anilines is 1. The molecule has 3 N–H and O–H groups in total. The Morgan fingerprint density at radius 2 is 2.20 bits per heavy atom. The van der Waals surface area contributed by atoms with Crippen molar-refractivity contribution in [1.29, 1.82) is 0 Å². The molecule has 7 nitrogen and oxygen atoms in total. The fourth-order valence-electron chi connectivity index (χ4n) is 5.13. The normalized spacial score (nSPS) is 25.2. The number of rotatable bonds is 5. The number of likely N-dealkylation sites (tertiary alicyclic amines) is 1. The molecule has 2 heterocycles. The fourth-order valence-corrected chi connectivity index (χ4v) is 5.13. The van der Waals surface area contributed by atoms with E-state index in [0.717, 1.165) is 41.8 Å². The van der Waals surface area contributed by atoms with E-state index in [9.17, 15) is 4.79 Å². The molecule has 1 aromatic carbocycles. The molecule has 7 heteroatoms. The summed E-state index contributed by atoms with van der Waals surface area (Å²) in [4.78, 5) is 24.0. The minimum Gasteiger partial charge on any atom is -0.405 e. The van der Waals surface area contributed by atoms with E-state index in [4.69, 9.17) is 10.5 Å². The van der Waals surface area contributed by atoms with Gasteiger partial charge in [-0.15, -0.1) is 0 Å². The number of nitrogens with zero attached hydrogens (tertiary/aromatic N) is 3. The van der Waals surface area contributed by atoms with Crippen LogP contribution in [0.1, 0.15) is 37.4 Å². The van der Waals surface area contributed by atoms with Crippen LogP contribution in [-0.4, -0.2) is 46.2 Å². The van der Waals surface area contributed by atoms with Gasteiger partial charge in [0, 0.05) is 24.4 Å². The summed E-state index contributed by atoms with van der Waals surface area (Å²) in [5.74, 6) is 0.615. The zero-order valence-electron chi connectivity index (χ0n) is 17.8. The number of carbonyl (C=O) groups excluding carboxylic acids is 1. The lowest BCUT2D eigenvalue weighted by atomic mass is 9.65. The average Bonchev–Trinajstić information content (AvgIpc) is 2.70. The number of aromatic nitrogens is 2. The highest BCUT2D eigenvalue weighted by Gasteiger charge is 2.58. The van der Waals surface area contributed by atoms with Gasteiger partial charge < -0.3 is 20.7 Å². The first-order valence-corrected chi connectivity index (χ1v) is 10.4. The molecular formula is C23H29N5O2. The summed E-state index contributed by atoms with van der Waals surface area (Å²) in [6.45, 7) is 4.86.